The van der Waals surface area contributed by atoms with Gasteiger partial charge in [-0.15, -0.1) is 0 Å². The van der Waals surface area contributed by atoms with Crippen LogP contribution >= 0.6 is 0 Å². The fraction of sp³-hybridized carbons (Fsp3) is 0.440. The standard InChI is InChI=1S/C25H32N4O2/c1-19-7-5-10-22(20(19)2)26-24(30)17-27-13-15-28(16-14-27)18-25(31)29-12-6-9-21-8-3-4-11-23(21)29/h3-5,7-8,10-11H,6,9,12-18H2,1-2H3,(H,26,30). The lowest BCUT2D eigenvalue weighted by molar-refractivity contribution is -0.121. The smallest absolute Gasteiger partial charge is 0.241 e. The maximum atomic E-state index is 13.0. The molecule has 0 saturated carbocycles. The Kier molecular flexibility index (Phi) is 6.68. The van der Waals surface area contributed by atoms with E-state index in [4.69, 9.17) is 0 Å². The van der Waals surface area contributed by atoms with Gasteiger partial charge in [0.25, 0.3) is 0 Å². The molecule has 6 heteroatoms. The number of rotatable bonds is 5. The molecule has 6 nitrogen and oxygen atoms in total. The molecule has 2 aromatic carbocycles. The van der Waals surface area contributed by atoms with E-state index in [2.05, 4.69) is 27.2 Å². The number of aryl methyl sites for hydroxylation is 2. The third-order valence-electron chi connectivity index (χ3n) is 6.48. The summed E-state index contributed by atoms with van der Waals surface area (Å²) < 4.78 is 0. The zero-order valence-corrected chi connectivity index (χ0v) is 18.6. The number of carbonyl (C=O) groups is 2. The van der Waals surface area contributed by atoms with Crippen molar-refractivity contribution in [3.05, 3.63) is 59.2 Å². The summed E-state index contributed by atoms with van der Waals surface area (Å²) in [7, 11) is 0. The van der Waals surface area contributed by atoms with Crippen molar-refractivity contribution in [1.82, 2.24) is 9.80 Å². The van der Waals surface area contributed by atoms with Crippen LogP contribution < -0.4 is 10.2 Å². The van der Waals surface area contributed by atoms with Crippen LogP contribution in [0.2, 0.25) is 0 Å². The number of piperazine rings is 1. The summed E-state index contributed by atoms with van der Waals surface area (Å²) in [6, 6.07) is 14.2. The van der Waals surface area contributed by atoms with Crippen LogP contribution in [0, 0.1) is 13.8 Å². The van der Waals surface area contributed by atoms with Crippen molar-refractivity contribution in [2.75, 3.05) is 56.0 Å². The molecule has 0 spiro atoms. The highest BCUT2D eigenvalue weighted by Crippen LogP contribution is 2.26. The maximum Gasteiger partial charge on any atom is 0.241 e. The number of amides is 2. The van der Waals surface area contributed by atoms with Crippen molar-refractivity contribution in [3.63, 3.8) is 0 Å². The summed E-state index contributed by atoms with van der Waals surface area (Å²) in [4.78, 5) is 31.8. The Balaban J connectivity index is 1.25. The molecule has 0 bridgehead atoms. The van der Waals surface area contributed by atoms with E-state index in [1.54, 1.807) is 0 Å². The van der Waals surface area contributed by atoms with Crippen LogP contribution in [0.5, 0.6) is 0 Å². The fourth-order valence-electron chi connectivity index (χ4n) is 4.45. The Morgan fingerprint density at radius 1 is 0.871 bits per heavy atom. The van der Waals surface area contributed by atoms with E-state index in [1.165, 1.54) is 11.1 Å². The Bertz CT molecular complexity index is 950. The van der Waals surface area contributed by atoms with Crippen LogP contribution in [0.25, 0.3) is 0 Å². The van der Waals surface area contributed by atoms with Crippen LogP contribution in [0.4, 0.5) is 11.4 Å². The summed E-state index contributed by atoms with van der Waals surface area (Å²) >= 11 is 0. The average Bonchev–Trinajstić information content (AvgIpc) is 2.78. The van der Waals surface area contributed by atoms with E-state index < -0.39 is 0 Å². The Labute approximate surface area is 184 Å². The number of fused-ring (bicyclic) bond motifs is 1. The molecule has 31 heavy (non-hydrogen) atoms. The van der Waals surface area contributed by atoms with Crippen molar-refractivity contribution in [3.8, 4) is 0 Å². The lowest BCUT2D eigenvalue weighted by atomic mass is 10.0. The van der Waals surface area contributed by atoms with Crippen molar-refractivity contribution in [1.29, 1.82) is 0 Å². The second-order valence-electron chi connectivity index (χ2n) is 8.63. The van der Waals surface area contributed by atoms with Gasteiger partial charge < -0.3 is 10.2 Å². The molecule has 0 atom stereocenters. The molecule has 0 aliphatic carbocycles. The van der Waals surface area contributed by atoms with E-state index in [-0.39, 0.29) is 11.8 Å². The van der Waals surface area contributed by atoms with Crippen molar-refractivity contribution in [2.24, 2.45) is 0 Å². The first-order valence-corrected chi connectivity index (χ1v) is 11.2. The summed E-state index contributed by atoms with van der Waals surface area (Å²) in [5.41, 5.74) is 5.50. The molecule has 1 N–H and O–H groups in total. The minimum absolute atomic E-state index is 0.0168. The molecule has 0 unspecified atom stereocenters. The van der Waals surface area contributed by atoms with Gasteiger partial charge in [-0.3, -0.25) is 19.4 Å². The quantitative estimate of drug-likeness (QED) is 0.808. The van der Waals surface area contributed by atoms with Crippen LogP contribution in [0.15, 0.2) is 42.5 Å². The van der Waals surface area contributed by atoms with Crippen LogP contribution in [-0.2, 0) is 16.0 Å². The zero-order valence-electron chi connectivity index (χ0n) is 18.6. The van der Waals surface area contributed by atoms with Crippen molar-refractivity contribution < 1.29 is 9.59 Å². The van der Waals surface area contributed by atoms with Gasteiger partial charge in [0.05, 0.1) is 13.1 Å². The number of hydrogen-bond donors (Lipinski definition) is 1. The first kappa shape index (κ1) is 21.5. The lowest BCUT2D eigenvalue weighted by Crippen LogP contribution is -2.52. The highest BCUT2D eigenvalue weighted by atomic mass is 16.2. The van der Waals surface area contributed by atoms with Crippen molar-refractivity contribution in [2.45, 2.75) is 26.7 Å². The topological polar surface area (TPSA) is 55.9 Å². The fourth-order valence-corrected chi connectivity index (χ4v) is 4.45. The van der Waals surface area contributed by atoms with Gasteiger partial charge in [-0.05, 0) is 55.5 Å². The van der Waals surface area contributed by atoms with Gasteiger partial charge in [-0.1, -0.05) is 30.3 Å². The highest BCUT2D eigenvalue weighted by molar-refractivity contribution is 5.96. The SMILES string of the molecule is Cc1cccc(NC(=O)CN2CCN(CC(=O)N3CCCc4ccccc43)CC2)c1C. The predicted octanol–water partition coefficient (Wildman–Crippen LogP) is 2.84. The average molecular weight is 421 g/mol. The molecular weight excluding hydrogens is 388 g/mol. The molecule has 4 rings (SSSR count). The summed E-state index contributed by atoms with van der Waals surface area (Å²) in [6.07, 6.45) is 2.06. The van der Waals surface area contributed by atoms with Gasteiger partial charge in [-0.25, -0.2) is 0 Å². The summed E-state index contributed by atoms with van der Waals surface area (Å²) in [6.45, 7) is 8.90. The first-order chi connectivity index (χ1) is 15.0. The van der Waals surface area contributed by atoms with Gasteiger partial charge in [0, 0.05) is 44.1 Å². The molecule has 2 aromatic rings. The monoisotopic (exact) mass is 420 g/mol. The Morgan fingerprint density at radius 3 is 2.35 bits per heavy atom. The van der Waals surface area contributed by atoms with Gasteiger partial charge in [0.2, 0.25) is 11.8 Å². The van der Waals surface area contributed by atoms with Crippen LogP contribution in [0.3, 0.4) is 0 Å². The maximum absolute atomic E-state index is 13.0. The highest BCUT2D eigenvalue weighted by Gasteiger charge is 2.26. The normalized spacial score (nSPS) is 17.3. The van der Waals surface area contributed by atoms with Gasteiger partial charge >= 0.3 is 0 Å². The molecule has 2 amide bonds. The van der Waals surface area contributed by atoms with E-state index in [0.29, 0.717) is 13.1 Å². The molecule has 0 aromatic heterocycles. The third-order valence-corrected chi connectivity index (χ3v) is 6.48. The number of carbonyl (C=O) groups excluding carboxylic acids is 2. The van der Waals surface area contributed by atoms with E-state index in [1.807, 2.05) is 49.1 Å². The second kappa shape index (κ2) is 9.62. The first-order valence-electron chi connectivity index (χ1n) is 11.2. The number of para-hydroxylation sites is 1. The number of nitrogens with zero attached hydrogens (tertiary/aromatic N) is 3. The Morgan fingerprint density at radius 2 is 1.58 bits per heavy atom. The zero-order chi connectivity index (χ0) is 21.8. The number of anilines is 2. The van der Waals surface area contributed by atoms with E-state index in [0.717, 1.165) is 62.5 Å². The molecule has 2 heterocycles. The molecule has 2 aliphatic heterocycles. The minimum atomic E-state index is 0.0168. The van der Waals surface area contributed by atoms with Gasteiger partial charge in [0.1, 0.15) is 0 Å². The molecule has 0 radical (unpaired) electrons. The molecule has 1 fully saturated rings. The largest absolute Gasteiger partial charge is 0.325 e. The van der Waals surface area contributed by atoms with E-state index in [9.17, 15) is 9.59 Å². The number of benzene rings is 2. The van der Waals surface area contributed by atoms with Crippen molar-refractivity contribution >= 4 is 23.2 Å². The molecule has 164 valence electrons. The van der Waals surface area contributed by atoms with Gasteiger partial charge in [0.15, 0.2) is 0 Å². The molecule has 2 aliphatic rings. The predicted molar refractivity (Wildman–Crippen MR) is 125 cm³/mol. The molecular formula is C25H32N4O2. The second-order valence-corrected chi connectivity index (χ2v) is 8.63. The third kappa shape index (κ3) is 5.14. The Hall–Kier alpha value is -2.70. The summed E-state index contributed by atoms with van der Waals surface area (Å²) in [5, 5.41) is 3.04. The van der Waals surface area contributed by atoms with Crippen LogP contribution in [0.1, 0.15) is 23.1 Å². The lowest BCUT2D eigenvalue weighted by Gasteiger charge is -2.36. The van der Waals surface area contributed by atoms with E-state index >= 15 is 0 Å². The van der Waals surface area contributed by atoms with Gasteiger partial charge in [-0.2, -0.15) is 0 Å². The minimum Gasteiger partial charge on any atom is -0.325 e. The summed E-state index contributed by atoms with van der Waals surface area (Å²) in [5.74, 6) is 0.191. The number of nitrogens with one attached hydrogen (secondary N) is 1. The van der Waals surface area contributed by atoms with Crippen LogP contribution in [-0.4, -0.2) is 67.4 Å². The number of hydrogen-bond acceptors (Lipinski definition) is 4. The molecule has 1 saturated heterocycles.